The number of carbonyl (C=O) groups is 1. The van der Waals surface area contributed by atoms with Gasteiger partial charge in [-0.25, -0.2) is 4.21 Å². The fraction of sp³-hybridized carbons (Fsp3) is 0.719. The second-order valence-electron chi connectivity index (χ2n) is 12.4. The average Bonchev–Trinajstić information content (AvgIpc) is 3.13. The maximum absolute atomic E-state index is 13.6. The van der Waals surface area contributed by atoms with Gasteiger partial charge in [0.25, 0.3) is 5.91 Å². The molecule has 1 aromatic rings. The molecule has 2 bridgehead atoms. The zero-order valence-electron chi connectivity index (χ0n) is 24.8. The molecule has 1 N–H and O–H groups in total. The van der Waals surface area contributed by atoms with Gasteiger partial charge in [-0.3, -0.25) is 9.52 Å². The summed E-state index contributed by atoms with van der Waals surface area (Å²) >= 11 is 0. The van der Waals surface area contributed by atoms with Crippen LogP contribution in [0.25, 0.3) is 0 Å². The van der Waals surface area contributed by atoms with E-state index in [0.717, 1.165) is 69.8 Å². The molecule has 7 unspecified atom stereocenters. The van der Waals surface area contributed by atoms with E-state index in [1.165, 1.54) is 12.8 Å². The molecule has 3 heterocycles. The summed E-state index contributed by atoms with van der Waals surface area (Å²) in [6.07, 6.45) is 9.60. The lowest BCUT2D eigenvalue weighted by Gasteiger charge is -2.47. The molecule has 228 valence electrons. The highest BCUT2D eigenvalue weighted by atomic mass is 32.2. The van der Waals surface area contributed by atoms with Crippen LogP contribution in [0.4, 0.5) is 5.69 Å². The summed E-state index contributed by atoms with van der Waals surface area (Å²) in [4.78, 5) is 15.8. The van der Waals surface area contributed by atoms with Gasteiger partial charge in [-0.15, -0.1) is 6.58 Å². The van der Waals surface area contributed by atoms with Crippen molar-refractivity contribution in [2.75, 3.05) is 51.5 Å². The minimum atomic E-state index is -1.53. The molecule has 1 aromatic carbocycles. The Balaban J connectivity index is 1.48. The van der Waals surface area contributed by atoms with Crippen molar-refractivity contribution in [2.24, 2.45) is 29.6 Å². The van der Waals surface area contributed by atoms with Crippen LogP contribution in [0.2, 0.25) is 0 Å². The number of allylic oxidation sites excluding steroid dienone is 1. The van der Waals surface area contributed by atoms with Crippen LogP contribution in [-0.4, -0.2) is 68.3 Å². The molecule has 4 aliphatic rings. The van der Waals surface area contributed by atoms with Gasteiger partial charge in [-0.05, 0) is 80.9 Å². The first kappa shape index (κ1) is 30.5. The second kappa shape index (κ2) is 14.5. The van der Waals surface area contributed by atoms with Gasteiger partial charge in [0.2, 0.25) is 0 Å². The van der Waals surface area contributed by atoms with Gasteiger partial charge in [0, 0.05) is 44.2 Å². The van der Waals surface area contributed by atoms with E-state index in [1.54, 1.807) is 13.2 Å². The van der Waals surface area contributed by atoms with Crippen LogP contribution in [0.3, 0.4) is 0 Å². The monoisotopic (exact) mass is 588 g/mol. The van der Waals surface area contributed by atoms with Crippen LogP contribution >= 0.6 is 0 Å². The maximum Gasteiger partial charge on any atom is 0.263 e. The highest BCUT2D eigenvalue weighted by molar-refractivity contribution is 7.84. The number of nitrogens with one attached hydrogen (secondary N) is 1. The van der Waals surface area contributed by atoms with E-state index >= 15 is 0 Å². The number of fused-ring (bicyclic) bond motifs is 2. The number of anilines is 1. The van der Waals surface area contributed by atoms with Crippen LogP contribution in [0.5, 0.6) is 5.75 Å². The number of benzene rings is 1. The molecule has 0 spiro atoms. The van der Waals surface area contributed by atoms with E-state index in [4.69, 9.17) is 18.9 Å². The number of ether oxygens (including phenoxy) is 4. The average molecular weight is 589 g/mol. The number of hydrogen-bond donors (Lipinski definition) is 1. The molecule has 1 amide bonds. The van der Waals surface area contributed by atoms with Gasteiger partial charge in [0.05, 0.1) is 30.8 Å². The zero-order chi connectivity index (χ0) is 28.8. The lowest BCUT2D eigenvalue weighted by molar-refractivity contribution is -0.224. The molecule has 1 aliphatic carbocycles. The van der Waals surface area contributed by atoms with Crippen molar-refractivity contribution >= 4 is 22.6 Å². The van der Waals surface area contributed by atoms with Gasteiger partial charge in [0.1, 0.15) is 16.7 Å². The SMILES string of the molecule is C=CCC1COc2ccc3cc2N(C1)CC1CCC1C(C1OCCCO1)CCCC(C)C(CCOC)S(=O)NC3=O. The van der Waals surface area contributed by atoms with Crippen LogP contribution in [-0.2, 0) is 25.2 Å². The summed E-state index contributed by atoms with van der Waals surface area (Å²) in [7, 11) is 0.126. The Labute approximate surface area is 248 Å². The fourth-order valence-electron chi connectivity index (χ4n) is 7.15. The van der Waals surface area contributed by atoms with Crippen LogP contribution < -0.4 is 14.4 Å². The zero-order valence-corrected chi connectivity index (χ0v) is 25.6. The minimum Gasteiger partial charge on any atom is -0.491 e. The number of hydrogen-bond acceptors (Lipinski definition) is 7. The van der Waals surface area contributed by atoms with Crippen molar-refractivity contribution in [3.63, 3.8) is 0 Å². The summed E-state index contributed by atoms with van der Waals surface area (Å²) in [5.41, 5.74) is 1.45. The van der Waals surface area contributed by atoms with Gasteiger partial charge < -0.3 is 23.8 Å². The number of amides is 1. The van der Waals surface area contributed by atoms with E-state index in [2.05, 4.69) is 23.1 Å². The Bertz CT molecular complexity index is 1060. The van der Waals surface area contributed by atoms with Gasteiger partial charge in [-0.1, -0.05) is 19.4 Å². The number of nitrogens with zero attached hydrogens (tertiary/aromatic N) is 1. The summed E-state index contributed by atoms with van der Waals surface area (Å²) in [6, 6.07) is 5.61. The van der Waals surface area contributed by atoms with Gasteiger partial charge >= 0.3 is 0 Å². The molecule has 41 heavy (non-hydrogen) atoms. The highest BCUT2D eigenvalue weighted by Crippen LogP contribution is 2.46. The van der Waals surface area contributed by atoms with E-state index in [-0.39, 0.29) is 23.4 Å². The predicted octanol–water partition coefficient (Wildman–Crippen LogP) is 5.10. The van der Waals surface area contributed by atoms with E-state index in [1.807, 2.05) is 18.2 Å². The van der Waals surface area contributed by atoms with E-state index in [9.17, 15) is 9.00 Å². The first-order valence-corrected chi connectivity index (χ1v) is 16.8. The molecule has 1 saturated heterocycles. The third-order valence-corrected chi connectivity index (χ3v) is 11.2. The molecular formula is C32H48N2O6S. The predicted molar refractivity (Wildman–Crippen MR) is 161 cm³/mol. The van der Waals surface area contributed by atoms with Gasteiger partial charge in [-0.2, -0.15) is 0 Å². The Hall–Kier alpha value is -1.94. The lowest BCUT2D eigenvalue weighted by Crippen LogP contribution is -2.47. The van der Waals surface area contributed by atoms with Crippen molar-refractivity contribution in [1.82, 2.24) is 4.72 Å². The molecule has 8 nitrogen and oxygen atoms in total. The molecule has 2 fully saturated rings. The van der Waals surface area contributed by atoms with Gasteiger partial charge in [0.15, 0.2) is 6.29 Å². The molecule has 9 heteroatoms. The van der Waals surface area contributed by atoms with Crippen molar-refractivity contribution in [1.29, 1.82) is 0 Å². The standard InChI is InChI=1S/C32H48N2O6S/c1-4-7-23-19-34-20-25-10-12-26(25)27(32-38-15-6-16-39-32)9-5-8-22(2)30(14-17-37-3)41(36)33-31(35)24-11-13-29(40-21-23)28(34)18-24/h4,11,13,18,22-23,25-27,30,32H,1,5-10,12,14-17,19-21H2,2-3H3,(H,33,35). The van der Waals surface area contributed by atoms with Crippen molar-refractivity contribution < 1.29 is 28.0 Å². The molecule has 0 radical (unpaired) electrons. The topological polar surface area (TPSA) is 86.3 Å². The van der Waals surface area contributed by atoms with Crippen LogP contribution in [0.1, 0.15) is 68.6 Å². The quantitative estimate of drug-likeness (QED) is 0.463. The van der Waals surface area contributed by atoms with Crippen LogP contribution in [0.15, 0.2) is 30.9 Å². The molecule has 1 saturated carbocycles. The third-order valence-electron chi connectivity index (χ3n) is 9.60. The fourth-order valence-corrected chi connectivity index (χ4v) is 8.47. The van der Waals surface area contributed by atoms with Crippen LogP contribution in [0, 0.1) is 29.6 Å². The number of rotatable bonds is 6. The highest BCUT2D eigenvalue weighted by Gasteiger charge is 2.43. The smallest absolute Gasteiger partial charge is 0.263 e. The molecule has 7 atom stereocenters. The Morgan fingerprint density at radius 3 is 2.68 bits per heavy atom. The normalized spacial score (nSPS) is 33.5. The summed E-state index contributed by atoms with van der Waals surface area (Å²) in [6.45, 7) is 10.5. The second-order valence-corrected chi connectivity index (χ2v) is 13.8. The van der Waals surface area contributed by atoms with E-state index < -0.39 is 11.0 Å². The first-order chi connectivity index (χ1) is 20.0. The molecule has 0 aromatic heterocycles. The van der Waals surface area contributed by atoms with Crippen molar-refractivity contribution in [3.05, 3.63) is 36.4 Å². The first-order valence-electron chi connectivity index (χ1n) is 15.5. The Kier molecular flexibility index (Phi) is 10.8. The lowest BCUT2D eigenvalue weighted by atomic mass is 9.65. The summed E-state index contributed by atoms with van der Waals surface area (Å²) in [5, 5.41) is -0.191. The van der Waals surface area contributed by atoms with Crippen molar-refractivity contribution in [3.8, 4) is 5.75 Å². The Morgan fingerprint density at radius 2 is 1.95 bits per heavy atom. The maximum atomic E-state index is 13.6. The molecule has 3 aliphatic heterocycles. The number of methoxy groups -OCH3 is 1. The largest absolute Gasteiger partial charge is 0.491 e. The summed E-state index contributed by atoms with van der Waals surface area (Å²) in [5.74, 6) is 2.36. The van der Waals surface area contributed by atoms with Crippen molar-refractivity contribution in [2.45, 2.75) is 69.8 Å². The number of carbonyl (C=O) groups excluding carboxylic acids is 1. The Morgan fingerprint density at radius 1 is 1.12 bits per heavy atom. The third kappa shape index (κ3) is 7.35. The minimum absolute atomic E-state index is 0.150. The summed E-state index contributed by atoms with van der Waals surface area (Å²) < 4.78 is 40.4. The van der Waals surface area contributed by atoms with E-state index in [0.29, 0.717) is 48.9 Å². The molecule has 5 rings (SSSR count). The molecular weight excluding hydrogens is 540 g/mol.